The van der Waals surface area contributed by atoms with E-state index in [9.17, 15) is 4.79 Å². The van der Waals surface area contributed by atoms with Gasteiger partial charge >= 0.3 is 0 Å². The minimum Gasteiger partial charge on any atom is -0.461 e. The Morgan fingerprint density at radius 1 is 1.53 bits per heavy atom. The number of nitrogens with zero attached hydrogens (tertiary/aromatic N) is 1. The maximum absolute atomic E-state index is 11.7. The molecule has 2 heterocycles. The third-order valence-electron chi connectivity index (χ3n) is 2.41. The monoisotopic (exact) mass is 222 g/mol. The van der Waals surface area contributed by atoms with Crippen molar-refractivity contribution in [2.45, 2.75) is 20.4 Å². The van der Waals surface area contributed by atoms with E-state index in [-0.39, 0.29) is 5.78 Å². The Bertz CT molecular complexity index is 471. The molecule has 2 aromatic rings. The summed E-state index contributed by atoms with van der Waals surface area (Å²) in [6.07, 6.45) is 1.52. The Morgan fingerprint density at radius 2 is 2.33 bits per heavy atom. The van der Waals surface area contributed by atoms with Crippen LogP contribution in [0.15, 0.2) is 28.3 Å². The lowest BCUT2D eigenvalue weighted by molar-refractivity contribution is -0.684. The van der Waals surface area contributed by atoms with E-state index in [0.717, 1.165) is 5.69 Å². The average Bonchev–Trinajstić information content (AvgIpc) is 2.83. The second-order valence-electron chi connectivity index (χ2n) is 3.39. The number of carbonyl (C=O) groups is 1. The largest absolute Gasteiger partial charge is 0.461 e. The van der Waals surface area contributed by atoms with E-state index in [0.29, 0.717) is 12.3 Å². The van der Waals surface area contributed by atoms with Gasteiger partial charge in [-0.15, -0.1) is 0 Å². The van der Waals surface area contributed by atoms with E-state index in [4.69, 9.17) is 4.42 Å². The molecule has 0 aliphatic rings. The zero-order valence-electron chi connectivity index (χ0n) is 8.69. The lowest BCUT2D eigenvalue weighted by Crippen LogP contribution is -2.38. The van der Waals surface area contributed by atoms with Crippen LogP contribution in [0.4, 0.5) is 0 Å². The summed E-state index contributed by atoms with van der Waals surface area (Å²) in [6.45, 7) is 4.42. The van der Waals surface area contributed by atoms with Gasteiger partial charge in [0, 0.05) is 6.92 Å². The van der Waals surface area contributed by atoms with Crippen LogP contribution in [-0.2, 0) is 6.54 Å². The first-order valence-electron chi connectivity index (χ1n) is 4.69. The summed E-state index contributed by atoms with van der Waals surface area (Å²) in [5.41, 5.74) is 3.10. The molecule has 0 saturated heterocycles. The SMILES string of the molecule is Cc1sc[n+](CC(=O)c2ccco2)c1C. The molecule has 0 N–H and O–H groups in total. The smallest absolute Gasteiger partial charge is 0.262 e. The summed E-state index contributed by atoms with van der Waals surface area (Å²) in [5.74, 6) is 0.427. The molecular weight excluding hydrogens is 210 g/mol. The zero-order chi connectivity index (χ0) is 10.8. The van der Waals surface area contributed by atoms with Gasteiger partial charge in [-0.05, 0) is 19.1 Å². The predicted molar refractivity (Wildman–Crippen MR) is 57.0 cm³/mol. The van der Waals surface area contributed by atoms with Gasteiger partial charge in [-0.1, -0.05) is 11.3 Å². The highest BCUT2D eigenvalue weighted by Crippen LogP contribution is 2.08. The molecule has 0 bridgehead atoms. The average molecular weight is 222 g/mol. The number of aryl methyl sites for hydroxylation is 1. The van der Waals surface area contributed by atoms with E-state index in [1.165, 1.54) is 11.1 Å². The molecule has 0 aliphatic carbocycles. The molecule has 0 amide bonds. The summed E-state index contributed by atoms with van der Waals surface area (Å²) in [5, 5.41) is 0. The maximum atomic E-state index is 11.7. The number of Topliss-reactive ketones (excluding diaryl/α,β-unsaturated/α-hetero) is 1. The summed E-state index contributed by atoms with van der Waals surface area (Å²) < 4.78 is 7.00. The van der Waals surface area contributed by atoms with Gasteiger partial charge in [-0.25, -0.2) is 0 Å². The van der Waals surface area contributed by atoms with Crippen molar-refractivity contribution in [2.75, 3.05) is 0 Å². The van der Waals surface area contributed by atoms with E-state index < -0.39 is 0 Å². The van der Waals surface area contributed by atoms with Gasteiger partial charge in [0.25, 0.3) is 5.78 Å². The molecule has 0 atom stereocenters. The molecule has 78 valence electrons. The molecule has 0 aliphatic heterocycles. The van der Waals surface area contributed by atoms with Gasteiger partial charge in [0.2, 0.25) is 12.1 Å². The van der Waals surface area contributed by atoms with Gasteiger partial charge in [0.1, 0.15) is 0 Å². The molecule has 2 rings (SSSR count). The number of ketones is 1. The van der Waals surface area contributed by atoms with Crippen molar-refractivity contribution in [3.05, 3.63) is 40.2 Å². The lowest BCUT2D eigenvalue weighted by atomic mass is 10.3. The van der Waals surface area contributed by atoms with Crippen molar-refractivity contribution >= 4 is 17.1 Å². The first-order valence-corrected chi connectivity index (χ1v) is 5.57. The molecule has 0 aromatic carbocycles. The van der Waals surface area contributed by atoms with E-state index in [2.05, 4.69) is 0 Å². The first-order chi connectivity index (χ1) is 7.18. The highest BCUT2D eigenvalue weighted by atomic mass is 32.1. The Kier molecular flexibility index (Phi) is 2.68. The molecule has 0 spiro atoms. The fourth-order valence-electron chi connectivity index (χ4n) is 1.33. The van der Waals surface area contributed by atoms with Crippen LogP contribution in [0, 0.1) is 13.8 Å². The minimum atomic E-state index is 0.00546. The number of rotatable bonds is 3. The second-order valence-corrected chi connectivity index (χ2v) is 4.45. The summed E-state index contributed by atoms with van der Waals surface area (Å²) in [7, 11) is 0. The number of aromatic nitrogens is 1. The fraction of sp³-hybridized carbons (Fsp3) is 0.273. The van der Waals surface area contributed by atoms with Crippen LogP contribution in [0.1, 0.15) is 21.1 Å². The number of hydrogen-bond donors (Lipinski definition) is 0. The van der Waals surface area contributed by atoms with Crippen molar-refractivity contribution in [1.29, 1.82) is 0 Å². The maximum Gasteiger partial charge on any atom is 0.262 e. The van der Waals surface area contributed by atoms with E-state index >= 15 is 0 Å². The first kappa shape index (κ1) is 10.1. The third kappa shape index (κ3) is 1.99. The van der Waals surface area contributed by atoms with Crippen LogP contribution in [0.5, 0.6) is 0 Å². The normalized spacial score (nSPS) is 10.5. The van der Waals surface area contributed by atoms with Gasteiger partial charge in [-0.2, -0.15) is 4.57 Å². The van der Waals surface area contributed by atoms with Gasteiger partial charge < -0.3 is 4.42 Å². The fourth-order valence-corrected chi connectivity index (χ4v) is 2.14. The Balaban J connectivity index is 2.16. The topological polar surface area (TPSA) is 34.1 Å². The third-order valence-corrected chi connectivity index (χ3v) is 3.42. The van der Waals surface area contributed by atoms with Crippen molar-refractivity contribution < 1.29 is 13.8 Å². The molecule has 0 saturated carbocycles. The van der Waals surface area contributed by atoms with Crippen LogP contribution in [0.25, 0.3) is 0 Å². The highest BCUT2D eigenvalue weighted by Gasteiger charge is 2.18. The van der Waals surface area contributed by atoms with Crippen LogP contribution in [0.3, 0.4) is 0 Å². The van der Waals surface area contributed by atoms with E-state index in [1.807, 2.05) is 23.9 Å². The van der Waals surface area contributed by atoms with Gasteiger partial charge in [0.15, 0.2) is 11.5 Å². The standard InChI is InChI=1S/C11H12NO2S/c1-8-9(2)15-7-12(8)6-10(13)11-4-3-5-14-11/h3-5,7H,6H2,1-2H3/q+1. The Morgan fingerprint density at radius 3 is 2.87 bits per heavy atom. The molecule has 0 fully saturated rings. The lowest BCUT2D eigenvalue weighted by Gasteiger charge is -1.93. The predicted octanol–water partition coefficient (Wildman–Crippen LogP) is 2.13. The second kappa shape index (κ2) is 3.98. The Hall–Kier alpha value is -1.42. The number of hydrogen-bond acceptors (Lipinski definition) is 3. The Labute approximate surface area is 92.0 Å². The van der Waals surface area contributed by atoms with Gasteiger partial charge in [-0.3, -0.25) is 4.79 Å². The van der Waals surface area contributed by atoms with Crippen molar-refractivity contribution in [1.82, 2.24) is 0 Å². The summed E-state index contributed by atoms with van der Waals surface area (Å²) >= 11 is 1.65. The van der Waals surface area contributed by atoms with Gasteiger partial charge in [0.05, 0.1) is 11.1 Å². The van der Waals surface area contributed by atoms with Crippen LogP contribution < -0.4 is 4.57 Å². The van der Waals surface area contributed by atoms with Crippen molar-refractivity contribution in [2.24, 2.45) is 0 Å². The van der Waals surface area contributed by atoms with E-state index in [1.54, 1.807) is 23.5 Å². The van der Waals surface area contributed by atoms with Crippen LogP contribution in [0.2, 0.25) is 0 Å². The molecule has 0 radical (unpaired) electrons. The number of thiazole rings is 1. The molecule has 0 unspecified atom stereocenters. The minimum absolute atomic E-state index is 0.00546. The van der Waals surface area contributed by atoms with Crippen LogP contribution >= 0.6 is 11.3 Å². The highest BCUT2D eigenvalue weighted by molar-refractivity contribution is 7.09. The quantitative estimate of drug-likeness (QED) is 0.589. The molecule has 15 heavy (non-hydrogen) atoms. The number of carbonyl (C=O) groups excluding carboxylic acids is 1. The summed E-state index contributed by atoms with van der Waals surface area (Å²) in [4.78, 5) is 13.0. The van der Waals surface area contributed by atoms with Crippen molar-refractivity contribution in [3.63, 3.8) is 0 Å². The van der Waals surface area contributed by atoms with Crippen molar-refractivity contribution in [3.8, 4) is 0 Å². The molecular formula is C11H12NO2S+. The molecule has 4 heteroatoms. The van der Waals surface area contributed by atoms with Crippen LogP contribution in [-0.4, -0.2) is 5.78 Å². The molecule has 3 nitrogen and oxygen atoms in total. The number of furan rings is 1. The zero-order valence-corrected chi connectivity index (χ0v) is 9.50. The molecule has 2 aromatic heterocycles. The summed E-state index contributed by atoms with van der Waals surface area (Å²) in [6, 6.07) is 3.42.